The van der Waals surface area contributed by atoms with Crippen molar-refractivity contribution in [3.8, 4) is 5.75 Å². The van der Waals surface area contributed by atoms with E-state index in [2.05, 4.69) is 21.2 Å². The van der Waals surface area contributed by atoms with E-state index in [0.29, 0.717) is 15.7 Å². The molecule has 0 fully saturated rings. The van der Waals surface area contributed by atoms with Crippen LogP contribution in [0.25, 0.3) is 0 Å². The highest BCUT2D eigenvalue weighted by atomic mass is 79.9. The molecule has 2 aromatic carbocycles. The van der Waals surface area contributed by atoms with E-state index in [1.807, 2.05) is 0 Å². The Kier molecular flexibility index (Phi) is 4.30. The number of benzene rings is 2. The highest BCUT2D eigenvalue weighted by Gasteiger charge is 2.14. The molecular weight excluding hydrogens is 349 g/mol. The standard InChI is InChI=1S/C14H10BrClFNO2/c1-7-4-10(15)12(17)6-13(7)18-14(20)9-5-8(19)2-3-11(9)16/h2-6,19H,1H3,(H,18,20). The molecule has 6 heteroatoms. The van der Waals surface area contributed by atoms with Gasteiger partial charge < -0.3 is 10.4 Å². The number of nitrogens with one attached hydrogen (secondary N) is 1. The van der Waals surface area contributed by atoms with Crippen molar-refractivity contribution in [3.63, 3.8) is 0 Å². The number of anilines is 1. The second-order valence-electron chi connectivity index (χ2n) is 4.20. The number of aryl methyl sites for hydroxylation is 1. The molecule has 0 saturated carbocycles. The number of carbonyl (C=O) groups is 1. The maximum absolute atomic E-state index is 13.5. The van der Waals surface area contributed by atoms with Crippen LogP contribution >= 0.6 is 27.5 Å². The van der Waals surface area contributed by atoms with Gasteiger partial charge in [-0.15, -0.1) is 0 Å². The maximum atomic E-state index is 13.5. The Morgan fingerprint density at radius 1 is 1.35 bits per heavy atom. The average Bonchev–Trinajstić information content (AvgIpc) is 2.38. The summed E-state index contributed by atoms with van der Waals surface area (Å²) in [5.41, 5.74) is 1.16. The molecule has 0 heterocycles. The minimum absolute atomic E-state index is 0.0711. The van der Waals surface area contributed by atoms with Gasteiger partial charge in [-0.2, -0.15) is 0 Å². The summed E-state index contributed by atoms with van der Waals surface area (Å²) in [6.45, 7) is 1.74. The first-order valence-electron chi connectivity index (χ1n) is 5.64. The van der Waals surface area contributed by atoms with E-state index >= 15 is 0 Å². The lowest BCUT2D eigenvalue weighted by molar-refractivity contribution is 0.102. The summed E-state index contributed by atoms with van der Waals surface area (Å²) in [6, 6.07) is 6.83. The van der Waals surface area contributed by atoms with Crippen LogP contribution in [0.5, 0.6) is 5.75 Å². The molecule has 20 heavy (non-hydrogen) atoms. The van der Waals surface area contributed by atoms with Gasteiger partial charge in [0, 0.05) is 5.69 Å². The molecule has 104 valence electrons. The van der Waals surface area contributed by atoms with Crippen molar-refractivity contribution in [1.82, 2.24) is 0 Å². The summed E-state index contributed by atoms with van der Waals surface area (Å²) in [5.74, 6) is -1.07. The van der Waals surface area contributed by atoms with Crippen LogP contribution in [-0.4, -0.2) is 11.0 Å². The molecule has 2 rings (SSSR count). The van der Waals surface area contributed by atoms with Gasteiger partial charge in [-0.1, -0.05) is 11.6 Å². The molecule has 0 saturated heterocycles. The predicted molar refractivity (Wildman–Crippen MR) is 79.9 cm³/mol. The Morgan fingerprint density at radius 3 is 2.75 bits per heavy atom. The van der Waals surface area contributed by atoms with Gasteiger partial charge in [-0.3, -0.25) is 4.79 Å². The van der Waals surface area contributed by atoms with Crippen molar-refractivity contribution in [1.29, 1.82) is 0 Å². The lowest BCUT2D eigenvalue weighted by atomic mass is 10.1. The van der Waals surface area contributed by atoms with Crippen LogP contribution < -0.4 is 5.32 Å². The van der Waals surface area contributed by atoms with Crippen LogP contribution in [-0.2, 0) is 0 Å². The molecule has 1 amide bonds. The molecule has 0 aliphatic rings. The molecule has 0 spiro atoms. The second kappa shape index (κ2) is 5.81. The Labute approximate surface area is 128 Å². The van der Waals surface area contributed by atoms with Gasteiger partial charge in [-0.05, 0) is 58.7 Å². The number of rotatable bonds is 2. The summed E-state index contributed by atoms with van der Waals surface area (Å²) in [7, 11) is 0. The normalized spacial score (nSPS) is 10.4. The van der Waals surface area contributed by atoms with Crippen molar-refractivity contribution >= 4 is 39.1 Å². The summed E-state index contributed by atoms with van der Waals surface area (Å²) in [6.07, 6.45) is 0. The van der Waals surface area contributed by atoms with E-state index in [1.54, 1.807) is 13.0 Å². The first kappa shape index (κ1) is 14.8. The molecule has 0 aliphatic carbocycles. The molecule has 2 N–H and O–H groups in total. The van der Waals surface area contributed by atoms with Crippen LogP contribution in [0.2, 0.25) is 5.02 Å². The average molecular weight is 359 g/mol. The Hall–Kier alpha value is -1.59. The first-order valence-corrected chi connectivity index (χ1v) is 6.81. The van der Waals surface area contributed by atoms with Gasteiger partial charge in [0.1, 0.15) is 11.6 Å². The molecule has 0 aliphatic heterocycles. The molecule has 0 atom stereocenters. The lowest BCUT2D eigenvalue weighted by Gasteiger charge is -2.10. The van der Waals surface area contributed by atoms with Gasteiger partial charge in [-0.25, -0.2) is 4.39 Å². The SMILES string of the molecule is Cc1cc(Br)c(F)cc1NC(=O)c1cc(O)ccc1Cl. The maximum Gasteiger partial charge on any atom is 0.257 e. The van der Waals surface area contributed by atoms with Gasteiger partial charge in [0.25, 0.3) is 5.91 Å². The number of halogens is 3. The van der Waals surface area contributed by atoms with Crippen molar-refractivity contribution in [2.45, 2.75) is 6.92 Å². The quantitative estimate of drug-likeness (QED) is 0.830. The van der Waals surface area contributed by atoms with Gasteiger partial charge >= 0.3 is 0 Å². The highest BCUT2D eigenvalue weighted by Crippen LogP contribution is 2.26. The monoisotopic (exact) mass is 357 g/mol. The van der Waals surface area contributed by atoms with E-state index < -0.39 is 11.7 Å². The van der Waals surface area contributed by atoms with E-state index in [9.17, 15) is 14.3 Å². The zero-order valence-corrected chi connectivity index (χ0v) is 12.7. The van der Waals surface area contributed by atoms with Crippen LogP contribution in [0.15, 0.2) is 34.8 Å². The van der Waals surface area contributed by atoms with Gasteiger partial charge in [0.2, 0.25) is 0 Å². The van der Waals surface area contributed by atoms with E-state index in [4.69, 9.17) is 11.6 Å². The number of phenols is 1. The van der Waals surface area contributed by atoms with Crippen LogP contribution in [0.1, 0.15) is 15.9 Å². The number of amides is 1. The molecular formula is C14H10BrClFNO2. The largest absolute Gasteiger partial charge is 0.508 e. The molecule has 0 unspecified atom stereocenters. The Bertz CT molecular complexity index is 691. The highest BCUT2D eigenvalue weighted by molar-refractivity contribution is 9.10. The summed E-state index contributed by atoms with van der Waals surface area (Å²) < 4.78 is 13.8. The fourth-order valence-electron chi connectivity index (χ4n) is 1.66. The van der Waals surface area contributed by atoms with Crippen LogP contribution in [0.4, 0.5) is 10.1 Å². The third-order valence-corrected chi connectivity index (χ3v) is 3.65. The number of hydrogen-bond acceptors (Lipinski definition) is 2. The topological polar surface area (TPSA) is 49.3 Å². The van der Waals surface area contributed by atoms with E-state index in [-0.39, 0.29) is 16.3 Å². The minimum atomic E-state index is -0.518. The van der Waals surface area contributed by atoms with Crippen LogP contribution in [0.3, 0.4) is 0 Å². The van der Waals surface area contributed by atoms with Gasteiger partial charge in [0.05, 0.1) is 15.1 Å². The van der Waals surface area contributed by atoms with Crippen LogP contribution in [0, 0.1) is 12.7 Å². The molecule has 0 aromatic heterocycles. The van der Waals surface area contributed by atoms with E-state index in [1.165, 1.54) is 24.3 Å². The third kappa shape index (κ3) is 3.11. The summed E-state index contributed by atoms with van der Waals surface area (Å²) >= 11 is 8.97. The molecule has 3 nitrogen and oxygen atoms in total. The fourth-order valence-corrected chi connectivity index (χ4v) is 2.32. The third-order valence-electron chi connectivity index (χ3n) is 2.71. The zero-order chi connectivity index (χ0) is 14.9. The minimum Gasteiger partial charge on any atom is -0.508 e. The molecule has 0 radical (unpaired) electrons. The molecule has 0 bridgehead atoms. The predicted octanol–water partition coefficient (Wildman–Crippen LogP) is 4.51. The van der Waals surface area contributed by atoms with Crippen molar-refractivity contribution in [2.24, 2.45) is 0 Å². The van der Waals surface area contributed by atoms with E-state index in [0.717, 1.165) is 0 Å². The smallest absolute Gasteiger partial charge is 0.257 e. The Morgan fingerprint density at radius 2 is 2.05 bits per heavy atom. The molecule has 2 aromatic rings. The first-order chi connectivity index (χ1) is 9.38. The van der Waals surface area contributed by atoms with Gasteiger partial charge in [0.15, 0.2) is 0 Å². The van der Waals surface area contributed by atoms with Crippen molar-refractivity contribution in [2.75, 3.05) is 5.32 Å². The number of phenolic OH excluding ortho intramolecular Hbond substituents is 1. The zero-order valence-electron chi connectivity index (χ0n) is 10.4. The Balaban J connectivity index is 2.32. The summed E-state index contributed by atoms with van der Waals surface area (Å²) in [4.78, 5) is 12.1. The summed E-state index contributed by atoms with van der Waals surface area (Å²) in [5, 5.41) is 12.2. The number of carbonyl (C=O) groups excluding carboxylic acids is 1. The number of aromatic hydroxyl groups is 1. The lowest BCUT2D eigenvalue weighted by Crippen LogP contribution is -2.13. The second-order valence-corrected chi connectivity index (χ2v) is 5.46. The van der Waals surface area contributed by atoms with Crippen molar-refractivity contribution < 1.29 is 14.3 Å². The van der Waals surface area contributed by atoms with Crippen molar-refractivity contribution in [3.05, 3.63) is 56.8 Å². The number of hydrogen-bond donors (Lipinski definition) is 2. The fraction of sp³-hybridized carbons (Fsp3) is 0.0714.